The van der Waals surface area contributed by atoms with Crippen LogP contribution in [-0.4, -0.2) is 44.0 Å². The average Bonchev–Trinajstić information content (AvgIpc) is 2.68. The molecule has 0 aliphatic carbocycles. The number of carbonyl (C=O) groups is 2. The first-order valence-corrected chi connectivity index (χ1v) is 9.18. The van der Waals surface area contributed by atoms with Gasteiger partial charge in [-0.1, -0.05) is 23.7 Å². The van der Waals surface area contributed by atoms with Crippen LogP contribution in [0.3, 0.4) is 0 Å². The van der Waals surface area contributed by atoms with Gasteiger partial charge in [-0.2, -0.15) is 0 Å². The van der Waals surface area contributed by atoms with Crippen LogP contribution in [0.1, 0.15) is 28.4 Å². The zero-order valence-corrected chi connectivity index (χ0v) is 17.5. The van der Waals surface area contributed by atoms with Crippen LogP contribution >= 0.6 is 11.6 Å². The molecule has 150 valence electrons. The van der Waals surface area contributed by atoms with Gasteiger partial charge in [-0.3, -0.25) is 9.59 Å². The molecule has 0 saturated heterocycles. The molecular formula is C21H25ClN2O4. The first-order chi connectivity index (χ1) is 13.3. The molecule has 6 nitrogen and oxygen atoms in total. The lowest BCUT2D eigenvalue weighted by atomic mass is 10.1. The maximum absolute atomic E-state index is 12.7. The molecule has 2 amide bonds. The highest BCUT2D eigenvalue weighted by Crippen LogP contribution is 2.30. The maximum Gasteiger partial charge on any atom is 0.253 e. The minimum Gasteiger partial charge on any atom is -0.493 e. The van der Waals surface area contributed by atoms with Crippen molar-refractivity contribution in [3.8, 4) is 11.5 Å². The van der Waals surface area contributed by atoms with Gasteiger partial charge in [0.2, 0.25) is 5.91 Å². The number of hydrogen-bond acceptors (Lipinski definition) is 4. The average molecular weight is 405 g/mol. The Morgan fingerprint density at radius 1 is 1.14 bits per heavy atom. The summed E-state index contributed by atoms with van der Waals surface area (Å²) >= 11 is 6.04. The summed E-state index contributed by atoms with van der Waals surface area (Å²) in [4.78, 5) is 26.6. The second-order valence-corrected chi connectivity index (χ2v) is 6.91. The molecule has 2 aromatic rings. The summed E-state index contributed by atoms with van der Waals surface area (Å²) < 4.78 is 10.6. The Bertz CT molecular complexity index is 869. The summed E-state index contributed by atoms with van der Waals surface area (Å²) in [6.07, 6.45) is 0. The number of halogens is 1. The van der Waals surface area contributed by atoms with E-state index >= 15 is 0 Å². The molecule has 0 aliphatic heterocycles. The molecule has 0 spiro atoms. The van der Waals surface area contributed by atoms with Gasteiger partial charge >= 0.3 is 0 Å². The first kappa shape index (κ1) is 21.6. The van der Waals surface area contributed by atoms with Crippen molar-refractivity contribution in [1.29, 1.82) is 0 Å². The molecule has 0 bridgehead atoms. The van der Waals surface area contributed by atoms with Crippen LogP contribution in [0.15, 0.2) is 36.4 Å². The Morgan fingerprint density at radius 2 is 1.75 bits per heavy atom. The second kappa shape index (κ2) is 9.46. The molecule has 2 aromatic carbocycles. The van der Waals surface area contributed by atoms with Crippen molar-refractivity contribution in [3.63, 3.8) is 0 Å². The van der Waals surface area contributed by atoms with Crippen LogP contribution < -0.4 is 14.8 Å². The molecule has 1 atom stereocenters. The number of methoxy groups -OCH3 is 2. The van der Waals surface area contributed by atoms with Gasteiger partial charge < -0.3 is 19.7 Å². The van der Waals surface area contributed by atoms with E-state index in [2.05, 4.69) is 5.32 Å². The van der Waals surface area contributed by atoms with E-state index in [-0.39, 0.29) is 11.8 Å². The normalized spacial score (nSPS) is 11.5. The Balaban J connectivity index is 2.08. The van der Waals surface area contributed by atoms with Gasteiger partial charge in [-0.15, -0.1) is 0 Å². The number of aryl methyl sites for hydroxylation is 1. The van der Waals surface area contributed by atoms with E-state index in [9.17, 15) is 9.59 Å². The Kier molecular flexibility index (Phi) is 7.29. The van der Waals surface area contributed by atoms with E-state index < -0.39 is 6.04 Å². The molecule has 0 aliphatic rings. The summed E-state index contributed by atoms with van der Waals surface area (Å²) in [5.41, 5.74) is 2.24. The number of rotatable bonds is 7. The fourth-order valence-electron chi connectivity index (χ4n) is 2.84. The summed E-state index contributed by atoms with van der Waals surface area (Å²) in [6, 6.07) is 9.74. The van der Waals surface area contributed by atoms with Crippen molar-refractivity contribution in [1.82, 2.24) is 10.2 Å². The highest BCUT2D eigenvalue weighted by Gasteiger charge is 2.22. The van der Waals surface area contributed by atoms with Crippen molar-refractivity contribution in [3.05, 3.63) is 58.1 Å². The van der Waals surface area contributed by atoms with E-state index in [4.69, 9.17) is 21.1 Å². The monoisotopic (exact) mass is 404 g/mol. The second-order valence-electron chi connectivity index (χ2n) is 6.50. The SMILES string of the molecule is COc1cc(C)c(CN(C)C(=O)[C@H](C)NC(=O)c2ccccc2Cl)cc1OC. The zero-order chi connectivity index (χ0) is 20.8. The summed E-state index contributed by atoms with van der Waals surface area (Å²) in [5, 5.41) is 3.04. The third-order valence-corrected chi connectivity index (χ3v) is 4.79. The van der Waals surface area contributed by atoms with E-state index in [0.717, 1.165) is 11.1 Å². The standard InChI is InChI=1S/C21H25ClN2O4/c1-13-10-18(27-4)19(28-5)11-15(13)12-24(3)21(26)14(2)23-20(25)16-8-6-7-9-17(16)22/h6-11,14H,12H2,1-5H3,(H,23,25)/t14-/m0/s1. The molecule has 1 N–H and O–H groups in total. The molecule has 0 heterocycles. The molecule has 0 radical (unpaired) electrons. The van der Waals surface area contributed by atoms with Crippen LogP contribution in [0.4, 0.5) is 0 Å². The Labute approximate surface area is 170 Å². The van der Waals surface area contributed by atoms with Gasteiger partial charge in [0.15, 0.2) is 11.5 Å². The quantitative estimate of drug-likeness (QED) is 0.767. The zero-order valence-electron chi connectivity index (χ0n) is 16.7. The third kappa shape index (κ3) is 4.95. The molecule has 2 rings (SSSR count). The predicted octanol–water partition coefficient (Wildman–Crippen LogP) is 3.44. The number of carbonyl (C=O) groups excluding carboxylic acids is 2. The highest BCUT2D eigenvalue weighted by molar-refractivity contribution is 6.33. The van der Waals surface area contributed by atoms with Crippen LogP contribution in [0.2, 0.25) is 5.02 Å². The van der Waals surface area contributed by atoms with Crippen molar-refractivity contribution >= 4 is 23.4 Å². The fourth-order valence-corrected chi connectivity index (χ4v) is 3.06. The summed E-state index contributed by atoms with van der Waals surface area (Å²) in [5.74, 6) is 0.638. The Hall–Kier alpha value is -2.73. The lowest BCUT2D eigenvalue weighted by Gasteiger charge is -2.23. The summed E-state index contributed by atoms with van der Waals surface area (Å²) in [7, 11) is 4.84. The molecule has 0 aromatic heterocycles. The maximum atomic E-state index is 12.7. The lowest BCUT2D eigenvalue weighted by Crippen LogP contribution is -2.45. The van der Waals surface area contributed by atoms with Crippen LogP contribution in [0, 0.1) is 6.92 Å². The lowest BCUT2D eigenvalue weighted by molar-refractivity contribution is -0.132. The van der Waals surface area contributed by atoms with E-state index in [1.807, 2.05) is 19.1 Å². The molecule has 0 unspecified atom stereocenters. The van der Waals surface area contributed by atoms with Crippen molar-refractivity contribution in [2.24, 2.45) is 0 Å². The van der Waals surface area contributed by atoms with Crippen LogP contribution in [-0.2, 0) is 11.3 Å². The number of hydrogen-bond donors (Lipinski definition) is 1. The van der Waals surface area contributed by atoms with E-state index in [1.54, 1.807) is 57.4 Å². The minimum absolute atomic E-state index is 0.213. The Morgan fingerprint density at radius 3 is 2.36 bits per heavy atom. The number of nitrogens with zero attached hydrogens (tertiary/aromatic N) is 1. The van der Waals surface area contributed by atoms with Gasteiger partial charge in [0.1, 0.15) is 6.04 Å². The number of ether oxygens (including phenoxy) is 2. The van der Waals surface area contributed by atoms with E-state index in [0.29, 0.717) is 28.6 Å². The van der Waals surface area contributed by atoms with Gasteiger partial charge in [-0.25, -0.2) is 0 Å². The van der Waals surface area contributed by atoms with Crippen LogP contribution in [0.25, 0.3) is 0 Å². The largest absolute Gasteiger partial charge is 0.493 e. The van der Waals surface area contributed by atoms with Crippen molar-refractivity contribution in [2.75, 3.05) is 21.3 Å². The molecule has 7 heteroatoms. The number of benzene rings is 2. The molecule has 0 saturated carbocycles. The fraction of sp³-hybridized carbons (Fsp3) is 0.333. The minimum atomic E-state index is -0.700. The van der Waals surface area contributed by atoms with Crippen LogP contribution in [0.5, 0.6) is 11.5 Å². The van der Waals surface area contributed by atoms with Gasteiger partial charge in [0.05, 0.1) is 24.8 Å². The van der Waals surface area contributed by atoms with E-state index in [1.165, 1.54) is 0 Å². The number of likely N-dealkylation sites (N-methyl/N-ethyl adjacent to an activating group) is 1. The summed E-state index contributed by atoms with van der Waals surface area (Å²) in [6.45, 7) is 3.96. The molecular weight excluding hydrogens is 380 g/mol. The molecule has 28 heavy (non-hydrogen) atoms. The van der Waals surface area contributed by atoms with Gasteiger partial charge in [0.25, 0.3) is 5.91 Å². The smallest absolute Gasteiger partial charge is 0.253 e. The number of amides is 2. The predicted molar refractivity (Wildman–Crippen MR) is 109 cm³/mol. The topological polar surface area (TPSA) is 67.9 Å². The molecule has 0 fully saturated rings. The highest BCUT2D eigenvalue weighted by atomic mass is 35.5. The van der Waals surface area contributed by atoms with Crippen molar-refractivity contribution in [2.45, 2.75) is 26.4 Å². The number of nitrogens with one attached hydrogen (secondary N) is 1. The third-order valence-electron chi connectivity index (χ3n) is 4.46. The van der Waals surface area contributed by atoms with Gasteiger partial charge in [-0.05, 0) is 49.2 Å². The first-order valence-electron chi connectivity index (χ1n) is 8.80. The van der Waals surface area contributed by atoms with Crippen molar-refractivity contribution < 1.29 is 19.1 Å². The van der Waals surface area contributed by atoms with Gasteiger partial charge in [0, 0.05) is 13.6 Å².